The molecule has 0 spiro atoms. The van der Waals surface area contributed by atoms with Gasteiger partial charge in [0.05, 0.1) is 29.8 Å². The van der Waals surface area contributed by atoms with Crippen LogP contribution in [0.1, 0.15) is 18.4 Å². The molecule has 0 radical (unpaired) electrons. The van der Waals surface area contributed by atoms with Crippen LogP contribution in [0.4, 0.5) is 5.69 Å². The number of aromatic nitrogens is 4. The molecule has 8 nitrogen and oxygen atoms in total. The van der Waals surface area contributed by atoms with Gasteiger partial charge >= 0.3 is 0 Å². The van der Waals surface area contributed by atoms with E-state index in [9.17, 15) is 5.11 Å². The number of rotatable bonds is 3. The Kier molecular flexibility index (Phi) is 5.34. The Morgan fingerprint density at radius 1 is 0.941 bits per heavy atom. The zero-order valence-electron chi connectivity index (χ0n) is 19.9. The van der Waals surface area contributed by atoms with Crippen molar-refractivity contribution >= 4 is 22.2 Å². The Morgan fingerprint density at radius 3 is 2.53 bits per heavy atom. The molecule has 0 amide bonds. The summed E-state index contributed by atoms with van der Waals surface area (Å²) in [7, 11) is 2.21. The molecule has 2 aliphatic heterocycles. The van der Waals surface area contributed by atoms with Crippen LogP contribution in [-0.4, -0.2) is 86.8 Å². The predicted molar refractivity (Wildman–Crippen MR) is 134 cm³/mol. The number of fused-ring (bicyclic) bond motifs is 2. The SMILES string of the molecule is Cc1cc2nccc(-c3cnn4cc(N5CCC(N6CCN(C)CC6)CC5)cnc34)c2cc1O. The van der Waals surface area contributed by atoms with Crippen LogP contribution in [0.3, 0.4) is 0 Å². The molecule has 1 N–H and O–H groups in total. The van der Waals surface area contributed by atoms with Crippen molar-refractivity contribution in [3.05, 3.63) is 48.5 Å². The van der Waals surface area contributed by atoms with Crippen LogP contribution in [0, 0.1) is 6.92 Å². The standard InChI is InChI=1S/C26H31N7O/c1-18-13-24-22(14-25(18)34)21(3-6-27-24)23-16-29-33-17-20(15-28-26(23)33)31-7-4-19(5-8-31)32-11-9-30(2)10-12-32/h3,6,13-17,19,34H,4-5,7-12H2,1-2H3. The second-order valence-electron chi connectivity index (χ2n) is 9.71. The molecule has 4 aromatic rings. The third kappa shape index (κ3) is 3.76. The zero-order valence-corrected chi connectivity index (χ0v) is 19.9. The van der Waals surface area contributed by atoms with Gasteiger partial charge in [-0.25, -0.2) is 9.50 Å². The summed E-state index contributed by atoms with van der Waals surface area (Å²) in [5.41, 5.74) is 5.51. The van der Waals surface area contributed by atoms with Crippen LogP contribution in [0.2, 0.25) is 0 Å². The van der Waals surface area contributed by atoms with Crippen molar-refractivity contribution in [3.63, 3.8) is 0 Å². The molecular weight excluding hydrogens is 426 g/mol. The molecule has 2 saturated heterocycles. The molecule has 0 bridgehead atoms. The maximum atomic E-state index is 10.3. The monoisotopic (exact) mass is 457 g/mol. The van der Waals surface area contributed by atoms with Gasteiger partial charge in [-0.3, -0.25) is 9.88 Å². The summed E-state index contributed by atoms with van der Waals surface area (Å²) in [6.45, 7) is 8.70. The Hall–Kier alpha value is -3.23. The second kappa shape index (κ2) is 8.52. The maximum absolute atomic E-state index is 10.3. The van der Waals surface area contributed by atoms with E-state index in [4.69, 9.17) is 4.98 Å². The van der Waals surface area contributed by atoms with E-state index in [0.717, 1.165) is 52.0 Å². The van der Waals surface area contributed by atoms with Gasteiger partial charge in [-0.2, -0.15) is 5.10 Å². The number of phenols is 1. The van der Waals surface area contributed by atoms with E-state index >= 15 is 0 Å². The maximum Gasteiger partial charge on any atom is 0.162 e. The van der Waals surface area contributed by atoms with Crippen LogP contribution in [-0.2, 0) is 0 Å². The summed E-state index contributed by atoms with van der Waals surface area (Å²) in [5, 5.41) is 15.8. The number of nitrogens with zero attached hydrogens (tertiary/aromatic N) is 7. The van der Waals surface area contributed by atoms with Crippen LogP contribution >= 0.6 is 0 Å². The topological polar surface area (TPSA) is 73.0 Å². The Morgan fingerprint density at radius 2 is 1.74 bits per heavy atom. The molecule has 8 heteroatoms. The fraction of sp³-hybridized carbons (Fsp3) is 0.423. The van der Waals surface area contributed by atoms with Gasteiger partial charge in [0.2, 0.25) is 0 Å². The van der Waals surface area contributed by atoms with Gasteiger partial charge in [-0.1, -0.05) is 0 Å². The average Bonchev–Trinajstić information content (AvgIpc) is 3.28. The summed E-state index contributed by atoms with van der Waals surface area (Å²) in [6, 6.07) is 6.36. The van der Waals surface area contributed by atoms with Crippen LogP contribution < -0.4 is 4.90 Å². The smallest absolute Gasteiger partial charge is 0.162 e. The molecule has 1 aromatic carbocycles. The lowest BCUT2D eigenvalue weighted by Gasteiger charge is -2.42. The third-order valence-corrected chi connectivity index (χ3v) is 7.58. The predicted octanol–water partition coefficient (Wildman–Crippen LogP) is 3.17. The minimum atomic E-state index is 0.272. The number of pyridine rings is 1. The van der Waals surface area contributed by atoms with Gasteiger partial charge in [-0.05, 0) is 56.1 Å². The van der Waals surface area contributed by atoms with Gasteiger partial charge in [-0.15, -0.1) is 0 Å². The van der Waals surface area contributed by atoms with Crippen LogP contribution in [0.5, 0.6) is 5.75 Å². The van der Waals surface area contributed by atoms with Crippen molar-refractivity contribution in [2.24, 2.45) is 0 Å². The normalized spacial score (nSPS) is 18.8. The number of likely N-dealkylation sites (N-methyl/N-ethyl adjacent to an activating group) is 1. The zero-order chi connectivity index (χ0) is 23.2. The molecule has 2 aliphatic rings. The minimum absolute atomic E-state index is 0.272. The van der Waals surface area contributed by atoms with Gasteiger partial charge in [0.15, 0.2) is 5.65 Å². The first-order valence-corrected chi connectivity index (χ1v) is 12.2. The van der Waals surface area contributed by atoms with Gasteiger partial charge in [0.25, 0.3) is 0 Å². The van der Waals surface area contributed by atoms with Crippen molar-refractivity contribution in [2.45, 2.75) is 25.8 Å². The van der Waals surface area contributed by atoms with Crippen molar-refractivity contribution in [3.8, 4) is 16.9 Å². The van der Waals surface area contributed by atoms with E-state index < -0.39 is 0 Å². The quantitative estimate of drug-likeness (QED) is 0.507. The number of piperidine rings is 1. The number of aryl methyl sites for hydroxylation is 1. The average molecular weight is 458 g/mol. The van der Waals surface area contributed by atoms with Crippen LogP contribution in [0.15, 0.2) is 43.0 Å². The summed E-state index contributed by atoms with van der Waals surface area (Å²) >= 11 is 0. The highest BCUT2D eigenvalue weighted by Crippen LogP contribution is 2.34. The van der Waals surface area contributed by atoms with Crippen molar-refractivity contribution < 1.29 is 5.11 Å². The van der Waals surface area contributed by atoms with Crippen molar-refractivity contribution in [1.82, 2.24) is 29.4 Å². The van der Waals surface area contributed by atoms with E-state index in [1.54, 1.807) is 12.3 Å². The minimum Gasteiger partial charge on any atom is -0.508 e. The van der Waals surface area contributed by atoms with Crippen molar-refractivity contribution in [2.75, 3.05) is 51.2 Å². The Balaban J connectivity index is 1.24. The largest absolute Gasteiger partial charge is 0.508 e. The molecule has 0 aliphatic carbocycles. The van der Waals surface area contributed by atoms with Gasteiger partial charge in [0.1, 0.15) is 5.75 Å². The lowest BCUT2D eigenvalue weighted by atomic mass is 10.0. The van der Waals surface area contributed by atoms with E-state index in [0.29, 0.717) is 6.04 Å². The first-order chi connectivity index (χ1) is 16.6. The molecule has 0 saturated carbocycles. The molecule has 176 valence electrons. The molecule has 5 heterocycles. The summed E-state index contributed by atoms with van der Waals surface area (Å²) in [5.74, 6) is 0.272. The van der Waals surface area contributed by atoms with Crippen LogP contribution in [0.25, 0.3) is 27.7 Å². The molecule has 0 unspecified atom stereocenters. The number of hydrogen-bond acceptors (Lipinski definition) is 7. The molecule has 34 heavy (non-hydrogen) atoms. The highest BCUT2D eigenvalue weighted by atomic mass is 16.3. The lowest BCUT2D eigenvalue weighted by Crippen LogP contribution is -2.52. The number of anilines is 1. The number of phenolic OH excluding ortho intramolecular Hbond substituents is 1. The number of benzene rings is 1. The van der Waals surface area contributed by atoms with E-state index in [1.165, 1.54) is 39.0 Å². The number of aromatic hydroxyl groups is 1. The highest BCUT2D eigenvalue weighted by Gasteiger charge is 2.27. The Bertz CT molecular complexity index is 1330. The summed E-state index contributed by atoms with van der Waals surface area (Å²) in [4.78, 5) is 16.8. The van der Waals surface area contributed by atoms with Crippen molar-refractivity contribution in [1.29, 1.82) is 0 Å². The molecule has 0 atom stereocenters. The lowest BCUT2D eigenvalue weighted by molar-refractivity contribution is 0.0982. The molecule has 6 rings (SSSR count). The second-order valence-corrected chi connectivity index (χ2v) is 9.71. The first kappa shape index (κ1) is 21.3. The first-order valence-electron chi connectivity index (χ1n) is 12.2. The summed E-state index contributed by atoms with van der Waals surface area (Å²) in [6.07, 6.45) is 10.1. The molecule has 2 fully saturated rings. The summed E-state index contributed by atoms with van der Waals surface area (Å²) < 4.78 is 1.87. The third-order valence-electron chi connectivity index (χ3n) is 7.58. The number of hydrogen-bond donors (Lipinski definition) is 1. The van der Waals surface area contributed by atoms with E-state index in [1.807, 2.05) is 36.0 Å². The fourth-order valence-corrected chi connectivity index (χ4v) is 5.41. The fourth-order valence-electron chi connectivity index (χ4n) is 5.41. The van der Waals surface area contributed by atoms with E-state index in [2.05, 4.69) is 38.0 Å². The van der Waals surface area contributed by atoms with E-state index in [-0.39, 0.29) is 5.75 Å². The molecule has 3 aromatic heterocycles. The van der Waals surface area contributed by atoms with Gasteiger partial charge < -0.3 is 14.9 Å². The number of piperazine rings is 1. The molecular formula is C26H31N7O. The highest BCUT2D eigenvalue weighted by molar-refractivity contribution is 5.98. The Labute approximate surface area is 199 Å². The van der Waals surface area contributed by atoms with Gasteiger partial charge in [0, 0.05) is 62.5 Å².